The number of nitrogens with one attached hydrogen (secondary N) is 1. The fourth-order valence-corrected chi connectivity index (χ4v) is 3.18. The molecule has 2 rings (SSSR count). The number of hydrogen-bond donors (Lipinski definition) is 2. The second kappa shape index (κ2) is 6.65. The minimum Gasteiger partial charge on any atom is -0.324 e. The number of thioether (sulfide) groups is 1. The molecule has 1 atom stereocenters. The van der Waals surface area contributed by atoms with Crippen LogP contribution in [-0.4, -0.2) is 23.5 Å². The molecule has 1 aliphatic rings. The van der Waals surface area contributed by atoms with E-state index in [9.17, 15) is 4.79 Å². The molecule has 1 aromatic carbocycles. The first kappa shape index (κ1) is 14.0. The number of carbonyl (C=O) groups excluding carboxylic acids is 1. The van der Waals surface area contributed by atoms with Gasteiger partial charge in [0.25, 0.3) is 0 Å². The monoisotopic (exact) mass is 274 g/mol. The number of anilines is 1. The van der Waals surface area contributed by atoms with E-state index < -0.39 is 0 Å². The first-order chi connectivity index (χ1) is 9.20. The molecule has 3 nitrogen and oxygen atoms in total. The summed E-state index contributed by atoms with van der Waals surface area (Å²) in [6.07, 6.45) is 2.09. The van der Waals surface area contributed by atoms with Crippen LogP contribution in [0.3, 0.4) is 0 Å². The van der Waals surface area contributed by atoms with Crippen molar-refractivity contribution in [1.82, 2.24) is 0 Å². The van der Waals surface area contributed by atoms with Crippen LogP contribution in [0.25, 0.3) is 0 Å². The molecule has 1 aliphatic heterocycles. The predicted molar refractivity (Wildman–Crippen MR) is 81.2 cm³/mol. The van der Waals surface area contributed by atoms with Crippen molar-refractivity contribution in [3.05, 3.63) is 29.3 Å². The van der Waals surface area contributed by atoms with Gasteiger partial charge in [0.05, 0.1) is 17.5 Å². The Morgan fingerprint density at radius 3 is 3.11 bits per heavy atom. The second-order valence-electron chi connectivity index (χ2n) is 4.55. The standard InChI is InChI=1S/C15H18N2OS/c1-11-6-7-12(4-2-8-16)13(10-11)17-15(18)14-5-3-9-19-14/h6-7,10,14H,3,5,8-9,16H2,1H3,(H,17,18). The molecule has 3 N–H and O–H groups in total. The number of amides is 1. The number of aryl methyl sites for hydroxylation is 1. The van der Waals surface area contributed by atoms with Crippen LogP contribution in [-0.2, 0) is 4.79 Å². The summed E-state index contributed by atoms with van der Waals surface area (Å²) in [7, 11) is 0. The van der Waals surface area contributed by atoms with Crippen LogP contribution in [0.4, 0.5) is 5.69 Å². The van der Waals surface area contributed by atoms with Gasteiger partial charge >= 0.3 is 0 Å². The molecule has 1 unspecified atom stereocenters. The molecular weight excluding hydrogens is 256 g/mol. The number of nitrogens with two attached hydrogens (primary N) is 1. The molecule has 0 radical (unpaired) electrons. The molecule has 0 saturated carbocycles. The first-order valence-corrected chi connectivity index (χ1v) is 7.47. The van der Waals surface area contributed by atoms with Crippen LogP contribution in [0.1, 0.15) is 24.0 Å². The highest BCUT2D eigenvalue weighted by Crippen LogP contribution is 2.28. The smallest absolute Gasteiger partial charge is 0.237 e. The summed E-state index contributed by atoms with van der Waals surface area (Å²) < 4.78 is 0. The average Bonchev–Trinajstić information content (AvgIpc) is 2.92. The lowest BCUT2D eigenvalue weighted by atomic mass is 10.1. The Kier molecular flexibility index (Phi) is 4.89. The molecule has 1 heterocycles. The Bertz CT molecular complexity index is 525. The second-order valence-corrected chi connectivity index (χ2v) is 5.86. The molecule has 4 heteroatoms. The SMILES string of the molecule is Cc1ccc(C#CCN)c(NC(=O)C2CCCS2)c1. The van der Waals surface area contributed by atoms with E-state index in [0.717, 1.165) is 35.4 Å². The Morgan fingerprint density at radius 2 is 2.42 bits per heavy atom. The average molecular weight is 274 g/mol. The number of carbonyl (C=O) groups is 1. The summed E-state index contributed by atoms with van der Waals surface area (Å²) in [5.74, 6) is 6.99. The van der Waals surface area contributed by atoms with Crippen molar-refractivity contribution in [2.45, 2.75) is 25.0 Å². The minimum atomic E-state index is 0.0795. The van der Waals surface area contributed by atoms with E-state index in [-0.39, 0.29) is 11.2 Å². The predicted octanol–water partition coefficient (Wildman–Crippen LogP) is 2.14. The molecular formula is C15H18N2OS. The molecule has 0 spiro atoms. The summed E-state index contributed by atoms with van der Waals surface area (Å²) in [5, 5.41) is 3.08. The third-order valence-corrected chi connectivity index (χ3v) is 4.36. The minimum absolute atomic E-state index is 0.0795. The Balaban J connectivity index is 2.17. The lowest BCUT2D eigenvalue weighted by Gasteiger charge is -2.12. The number of benzene rings is 1. The van der Waals surface area contributed by atoms with Crippen molar-refractivity contribution >= 4 is 23.4 Å². The van der Waals surface area contributed by atoms with Crippen LogP contribution < -0.4 is 11.1 Å². The van der Waals surface area contributed by atoms with E-state index in [0.29, 0.717) is 6.54 Å². The highest BCUT2D eigenvalue weighted by atomic mass is 32.2. The van der Waals surface area contributed by atoms with Crippen LogP contribution in [0.2, 0.25) is 0 Å². The molecule has 1 fully saturated rings. The quantitative estimate of drug-likeness (QED) is 0.812. The Labute approximate surface area is 118 Å². The van der Waals surface area contributed by atoms with E-state index in [1.165, 1.54) is 0 Å². The van der Waals surface area contributed by atoms with Gasteiger partial charge in [-0.25, -0.2) is 0 Å². The van der Waals surface area contributed by atoms with E-state index in [1.807, 2.05) is 25.1 Å². The normalized spacial score (nSPS) is 17.7. The Morgan fingerprint density at radius 1 is 1.58 bits per heavy atom. The molecule has 1 amide bonds. The molecule has 0 aromatic heterocycles. The van der Waals surface area contributed by atoms with Crippen LogP contribution >= 0.6 is 11.8 Å². The zero-order valence-corrected chi connectivity index (χ0v) is 11.8. The van der Waals surface area contributed by atoms with Crippen LogP contribution in [0.15, 0.2) is 18.2 Å². The molecule has 100 valence electrons. The van der Waals surface area contributed by atoms with Gasteiger partial charge in [0, 0.05) is 5.56 Å². The summed E-state index contributed by atoms with van der Waals surface area (Å²) in [5.41, 5.74) is 8.11. The van der Waals surface area contributed by atoms with Gasteiger partial charge < -0.3 is 11.1 Å². The molecule has 0 bridgehead atoms. The maximum atomic E-state index is 12.1. The Hall–Kier alpha value is -1.44. The highest BCUT2D eigenvalue weighted by Gasteiger charge is 2.23. The van der Waals surface area contributed by atoms with Gasteiger partial charge in [-0.3, -0.25) is 4.79 Å². The fraction of sp³-hybridized carbons (Fsp3) is 0.400. The zero-order valence-electron chi connectivity index (χ0n) is 11.0. The third-order valence-electron chi connectivity index (χ3n) is 2.98. The summed E-state index contributed by atoms with van der Waals surface area (Å²) in [6.45, 7) is 2.32. The first-order valence-electron chi connectivity index (χ1n) is 6.43. The van der Waals surface area contributed by atoms with Gasteiger partial charge in [-0.2, -0.15) is 0 Å². The topological polar surface area (TPSA) is 55.1 Å². The zero-order chi connectivity index (χ0) is 13.7. The van der Waals surface area contributed by atoms with Gasteiger partial charge in [0.15, 0.2) is 0 Å². The lowest BCUT2D eigenvalue weighted by molar-refractivity contribution is -0.115. The van der Waals surface area contributed by atoms with Crippen molar-refractivity contribution in [3.8, 4) is 11.8 Å². The molecule has 19 heavy (non-hydrogen) atoms. The van der Waals surface area contributed by atoms with Crippen LogP contribution in [0, 0.1) is 18.8 Å². The number of hydrogen-bond acceptors (Lipinski definition) is 3. The maximum absolute atomic E-state index is 12.1. The van der Waals surface area contributed by atoms with Crippen molar-refractivity contribution < 1.29 is 4.79 Å². The summed E-state index contributed by atoms with van der Waals surface area (Å²) >= 11 is 1.73. The maximum Gasteiger partial charge on any atom is 0.237 e. The van der Waals surface area contributed by atoms with Gasteiger partial charge in [-0.15, -0.1) is 11.8 Å². The van der Waals surface area contributed by atoms with Crippen molar-refractivity contribution in [1.29, 1.82) is 0 Å². The molecule has 0 aliphatic carbocycles. The van der Waals surface area contributed by atoms with Gasteiger partial charge in [0.1, 0.15) is 0 Å². The third kappa shape index (κ3) is 3.76. The summed E-state index contributed by atoms with van der Waals surface area (Å²) in [4.78, 5) is 12.1. The van der Waals surface area contributed by atoms with Crippen LogP contribution in [0.5, 0.6) is 0 Å². The largest absolute Gasteiger partial charge is 0.324 e. The van der Waals surface area contributed by atoms with E-state index in [4.69, 9.17) is 5.73 Å². The van der Waals surface area contributed by atoms with Crippen molar-refractivity contribution in [2.24, 2.45) is 5.73 Å². The van der Waals surface area contributed by atoms with Crippen molar-refractivity contribution in [2.75, 3.05) is 17.6 Å². The summed E-state index contributed by atoms with van der Waals surface area (Å²) in [6, 6.07) is 5.87. The van der Waals surface area contributed by atoms with Gasteiger partial charge in [0.2, 0.25) is 5.91 Å². The highest BCUT2D eigenvalue weighted by molar-refractivity contribution is 8.00. The van der Waals surface area contributed by atoms with E-state index in [1.54, 1.807) is 11.8 Å². The fourth-order valence-electron chi connectivity index (χ4n) is 2.01. The van der Waals surface area contributed by atoms with E-state index in [2.05, 4.69) is 17.2 Å². The van der Waals surface area contributed by atoms with Crippen molar-refractivity contribution in [3.63, 3.8) is 0 Å². The number of rotatable bonds is 2. The lowest BCUT2D eigenvalue weighted by Crippen LogP contribution is -2.23. The van der Waals surface area contributed by atoms with Gasteiger partial charge in [-0.05, 0) is 43.2 Å². The van der Waals surface area contributed by atoms with Gasteiger partial charge in [-0.1, -0.05) is 17.9 Å². The molecule has 1 aromatic rings. The van der Waals surface area contributed by atoms with E-state index >= 15 is 0 Å². The molecule has 1 saturated heterocycles.